The molecule has 0 bridgehead atoms. The Balaban J connectivity index is 2.12. The van der Waals surface area contributed by atoms with Crippen LogP contribution in [0.15, 0.2) is 121 Å². The first kappa shape index (κ1) is 23.3. The molecule has 33 heavy (non-hydrogen) atoms. The maximum atomic E-state index is 5.06. The Hall–Kier alpha value is -2.86. The van der Waals surface area contributed by atoms with E-state index in [1.54, 1.807) is 0 Å². The van der Waals surface area contributed by atoms with Gasteiger partial charge in [0.1, 0.15) is 11.4 Å². The molecule has 0 saturated heterocycles. The van der Waals surface area contributed by atoms with E-state index >= 15 is 0 Å². The molecule has 3 aromatic carbocycles. The van der Waals surface area contributed by atoms with E-state index in [2.05, 4.69) is 156 Å². The summed E-state index contributed by atoms with van der Waals surface area (Å²) < 4.78 is 0.278. The third kappa shape index (κ3) is 4.49. The van der Waals surface area contributed by atoms with Gasteiger partial charge in [0.05, 0.1) is 4.05 Å². The topological polar surface area (TPSA) is 18.8 Å². The van der Waals surface area contributed by atoms with Gasteiger partial charge in [0.15, 0.2) is 0 Å². The molecule has 1 aliphatic heterocycles. The van der Waals surface area contributed by atoms with Gasteiger partial charge in [-0.25, -0.2) is 0 Å². The van der Waals surface area contributed by atoms with E-state index in [9.17, 15) is 0 Å². The number of alkyl halides is 1. The fraction of sp³-hybridized carbons (Fsp3) is 0.207. The lowest BCUT2D eigenvalue weighted by atomic mass is 9.75. The summed E-state index contributed by atoms with van der Waals surface area (Å²) in [7, 11) is 2.11. The number of hydrogen-bond donors (Lipinski definition) is 0. The molecular weight excluding hydrogens is 517 g/mol. The molecule has 0 aromatic heterocycles. The molecule has 0 radical (unpaired) electrons. The molecule has 4 heteroatoms. The minimum atomic E-state index is -0.620. The zero-order valence-electron chi connectivity index (χ0n) is 19.2. The Morgan fingerprint density at radius 1 is 0.879 bits per heavy atom. The van der Waals surface area contributed by atoms with Crippen LogP contribution in [-0.4, -0.2) is 33.3 Å². The van der Waals surface area contributed by atoms with Crippen molar-refractivity contribution in [3.8, 4) is 0 Å². The highest BCUT2D eigenvalue weighted by molar-refractivity contribution is 14.1. The van der Waals surface area contributed by atoms with Crippen LogP contribution < -0.4 is 0 Å². The molecule has 0 aliphatic carbocycles. The average Bonchev–Trinajstić information content (AvgIpc) is 2.86. The number of hydrogen-bond acceptors (Lipinski definition) is 2. The lowest BCUT2D eigenvalue weighted by Crippen LogP contribution is -2.52. The summed E-state index contributed by atoms with van der Waals surface area (Å²) >= 11 is 2.51. The second-order valence-electron chi connectivity index (χ2n) is 8.15. The van der Waals surface area contributed by atoms with Crippen molar-refractivity contribution in [3.05, 3.63) is 132 Å². The van der Waals surface area contributed by atoms with E-state index in [1.807, 2.05) is 0 Å². The first-order valence-corrected chi connectivity index (χ1v) is 12.6. The Labute approximate surface area is 211 Å². The molecule has 1 aliphatic rings. The van der Waals surface area contributed by atoms with Crippen molar-refractivity contribution < 1.29 is 0 Å². The van der Waals surface area contributed by atoms with Crippen LogP contribution in [0.3, 0.4) is 0 Å². The van der Waals surface area contributed by atoms with Gasteiger partial charge in [-0.1, -0.05) is 120 Å². The minimum absolute atomic E-state index is 0.278. The summed E-state index contributed by atoms with van der Waals surface area (Å²) in [6.45, 7) is 7.37. The molecule has 0 spiro atoms. The first-order chi connectivity index (χ1) is 16.1. The van der Waals surface area contributed by atoms with Crippen molar-refractivity contribution in [1.29, 1.82) is 0 Å². The van der Waals surface area contributed by atoms with Crippen LogP contribution in [0.25, 0.3) is 0 Å². The zero-order valence-corrected chi connectivity index (χ0v) is 21.4. The molecule has 4 rings (SSSR count). The SMILES string of the molecule is C=C1/C=C\N(C)C(I)C/C(=N\CC)N1C(c1ccccc1)(c1ccccc1)c1ccccc1. The number of amidine groups is 1. The highest BCUT2D eigenvalue weighted by Gasteiger charge is 2.45. The van der Waals surface area contributed by atoms with Crippen LogP contribution in [0, 0.1) is 0 Å². The smallest absolute Gasteiger partial charge is 0.122 e. The third-order valence-corrected chi connectivity index (χ3v) is 7.41. The highest BCUT2D eigenvalue weighted by Crippen LogP contribution is 2.45. The zero-order chi connectivity index (χ0) is 23.3. The Kier molecular flexibility index (Phi) is 7.33. The highest BCUT2D eigenvalue weighted by atomic mass is 127. The summed E-state index contributed by atoms with van der Waals surface area (Å²) in [4.78, 5) is 9.65. The average molecular weight is 547 g/mol. The first-order valence-electron chi connectivity index (χ1n) is 11.3. The number of halogens is 1. The van der Waals surface area contributed by atoms with E-state index in [0.717, 1.165) is 18.0 Å². The quantitative estimate of drug-likeness (QED) is 0.151. The largest absolute Gasteiger partial charge is 0.368 e. The standard InChI is InChI=1S/C29H30IN3/c1-4-31-28-22-27(30)32(3)21-20-23(2)33(28)29(24-14-8-5-9-15-24,25-16-10-6-11-17-25)26-18-12-7-13-19-26/h5-21,27H,2,4,22H2,1,3H3/b21-20-,31-28+. The van der Waals surface area contributed by atoms with Crippen molar-refractivity contribution in [2.24, 2.45) is 4.99 Å². The van der Waals surface area contributed by atoms with Crippen molar-refractivity contribution in [2.75, 3.05) is 13.6 Å². The van der Waals surface area contributed by atoms with Crippen LogP contribution in [0.4, 0.5) is 0 Å². The molecule has 168 valence electrons. The van der Waals surface area contributed by atoms with Crippen molar-refractivity contribution in [1.82, 2.24) is 9.80 Å². The van der Waals surface area contributed by atoms with E-state index < -0.39 is 5.54 Å². The van der Waals surface area contributed by atoms with Gasteiger partial charge in [-0.05, 0) is 29.7 Å². The van der Waals surface area contributed by atoms with Crippen LogP contribution in [-0.2, 0) is 5.54 Å². The second-order valence-corrected chi connectivity index (χ2v) is 9.58. The van der Waals surface area contributed by atoms with Gasteiger partial charge in [0.2, 0.25) is 0 Å². The maximum Gasteiger partial charge on any atom is 0.122 e. The normalized spacial score (nSPS) is 19.3. The lowest BCUT2D eigenvalue weighted by molar-refractivity contribution is 0.314. The van der Waals surface area contributed by atoms with Crippen LogP contribution >= 0.6 is 22.6 Å². The fourth-order valence-electron chi connectivity index (χ4n) is 4.58. The van der Waals surface area contributed by atoms with Gasteiger partial charge in [0, 0.05) is 31.9 Å². The molecule has 0 saturated carbocycles. The van der Waals surface area contributed by atoms with E-state index in [-0.39, 0.29) is 4.05 Å². The molecule has 0 amide bonds. The van der Waals surface area contributed by atoms with Crippen LogP contribution in [0.2, 0.25) is 0 Å². The molecule has 1 heterocycles. The summed E-state index contributed by atoms with van der Waals surface area (Å²) in [5.41, 5.74) is 3.83. The number of aliphatic imine (C=N–C) groups is 1. The fourth-order valence-corrected chi connectivity index (χ4v) is 5.15. The monoisotopic (exact) mass is 547 g/mol. The van der Waals surface area contributed by atoms with Gasteiger partial charge in [0.25, 0.3) is 0 Å². The summed E-state index contributed by atoms with van der Waals surface area (Å²) in [6.07, 6.45) is 5.04. The number of allylic oxidation sites excluding steroid dienone is 1. The Morgan fingerprint density at radius 2 is 1.33 bits per heavy atom. The van der Waals surface area contributed by atoms with E-state index in [0.29, 0.717) is 6.54 Å². The Morgan fingerprint density at radius 3 is 1.76 bits per heavy atom. The van der Waals surface area contributed by atoms with Gasteiger partial charge < -0.3 is 9.80 Å². The molecule has 1 atom stereocenters. The van der Waals surface area contributed by atoms with Crippen molar-refractivity contribution in [3.63, 3.8) is 0 Å². The molecule has 0 N–H and O–H groups in total. The van der Waals surface area contributed by atoms with Gasteiger partial charge in [-0.15, -0.1) is 0 Å². The van der Waals surface area contributed by atoms with Gasteiger partial charge in [-0.2, -0.15) is 0 Å². The summed E-state index contributed by atoms with van der Waals surface area (Å²) in [6, 6.07) is 32.2. The van der Waals surface area contributed by atoms with Gasteiger partial charge in [-0.3, -0.25) is 4.99 Å². The second kappa shape index (κ2) is 10.4. The number of benzene rings is 3. The Bertz CT molecular complexity index is 1030. The van der Waals surface area contributed by atoms with Crippen molar-refractivity contribution in [2.45, 2.75) is 22.9 Å². The third-order valence-electron chi connectivity index (χ3n) is 6.09. The predicted octanol–water partition coefficient (Wildman–Crippen LogP) is 6.82. The maximum absolute atomic E-state index is 5.06. The van der Waals surface area contributed by atoms with Crippen LogP contribution in [0.5, 0.6) is 0 Å². The molecule has 3 nitrogen and oxygen atoms in total. The molecule has 1 unspecified atom stereocenters. The predicted molar refractivity (Wildman–Crippen MR) is 147 cm³/mol. The number of nitrogens with zero attached hydrogens (tertiary/aromatic N) is 3. The van der Waals surface area contributed by atoms with Crippen molar-refractivity contribution >= 4 is 28.4 Å². The molecular formula is C29H30IN3. The molecule has 0 fully saturated rings. The van der Waals surface area contributed by atoms with Gasteiger partial charge >= 0.3 is 0 Å². The summed E-state index contributed by atoms with van der Waals surface area (Å²) in [5, 5.41) is 0. The lowest BCUT2D eigenvalue weighted by Gasteiger charge is -2.48. The number of rotatable bonds is 5. The van der Waals surface area contributed by atoms with Crippen LogP contribution in [0.1, 0.15) is 30.0 Å². The molecule has 3 aromatic rings. The minimum Gasteiger partial charge on any atom is -0.368 e. The summed E-state index contributed by atoms with van der Waals surface area (Å²) in [5.74, 6) is 1.04. The van der Waals surface area contributed by atoms with E-state index in [1.165, 1.54) is 16.7 Å². The van der Waals surface area contributed by atoms with E-state index in [4.69, 9.17) is 4.99 Å².